The number of ether oxygens (including phenoxy) is 1. The molecule has 0 aliphatic heterocycles. The summed E-state index contributed by atoms with van der Waals surface area (Å²) in [6, 6.07) is 13.9. The van der Waals surface area contributed by atoms with Gasteiger partial charge in [0.2, 0.25) is 0 Å². The van der Waals surface area contributed by atoms with Crippen LogP contribution in [0.15, 0.2) is 60.8 Å². The molecule has 0 unspecified atom stereocenters. The van der Waals surface area contributed by atoms with E-state index in [1.54, 1.807) is 48.7 Å². The summed E-state index contributed by atoms with van der Waals surface area (Å²) in [6.45, 7) is 0. The van der Waals surface area contributed by atoms with Crippen LogP contribution in [0, 0.1) is 0 Å². The van der Waals surface area contributed by atoms with Crippen LogP contribution in [0.25, 0.3) is 5.57 Å². The maximum atomic E-state index is 12.5. The molecular weight excluding hydrogens is 254 g/mol. The molecule has 0 aliphatic carbocycles. The van der Waals surface area contributed by atoms with Crippen molar-refractivity contribution in [3.05, 3.63) is 72.1 Å². The molecule has 0 aliphatic rings. The molecule has 1 aromatic carbocycles. The van der Waals surface area contributed by atoms with Gasteiger partial charge in [0.05, 0.1) is 18.4 Å². The predicted octanol–water partition coefficient (Wildman–Crippen LogP) is 2.52. The van der Waals surface area contributed by atoms with E-state index in [1.165, 1.54) is 7.11 Å². The molecule has 20 heavy (non-hydrogen) atoms. The van der Waals surface area contributed by atoms with Crippen LogP contribution in [0.2, 0.25) is 0 Å². The van der Waals surface area contributed by atoms with Gasteiger partial charge in [-0.25, -0.2) is 4.79 Å². The Morgan fingerprint density at radius 1 is 1.05 bits per heavy atom. The van der Waals surface area contributed by atoms with Crippen LogP contribution in [-0.4, -0.2) is 23.8 Å². The second kappa shape index (κ2) is 6.43. The molecular formula is C16H13NO3. The molecule has 0 saturated carbocycles. The van der Waals surface area contributed by atoms with E-state index < -0.39 is 5.97 Å². The number of hydrogen-bond acceptors (Lipinski definition) is 4. The third-order valence-corrected chi connectivity index (χ3v) is 2.68. The van der Waals surface area contributed by atoms with E-state index in [4.69, 9.17) is 0 Å². The second-order valence-electron chi connectivity index (χ2n) is 3.99. The summed E-state index contributed by atoms with van der Waals surface area (Å²) in [5.74, 6) is -0.857. The van der Waals surface area contributed by atoms with Gasteiger partial charge in [-0.05, 0) is 12.1 Å². The maximum absolute atomic E-state index is 12.5. The molecule has 0 amide bonds. The first-order valence-electron chi connectivity index (χ1n) is 6.03. The number of carbonyl (C=O) groups excluding carboxylic acids is 2. The summed E-state index contributed by atoms with van der Waals surface area (Å²) in [5.41, 5.74) is 1.14. The Balaban J connectivity index is 2.45. The van der Waals surface area contributed by atoms with Crippen molar-refractivity contribution in [2.24, 2.45) is 0 Å². The smallest absolute Gasteiger partial charge is 0.331 e. The second-order valence-corrected chi connectivity index (χ2v) is 3.99. The monoisotopic (exact) mass is 267 g/mol. The average Bonchev–Trinajstić information content (AvgIpc) is 2.53. The SMILES string of the molecule is COC(=O)C=C(C(=O)c1ccccc1)c1ccccn1. The van der Waals surface area contributed by atoms with Crippen molar-refractivity contribution in [3.8, 4) is 0 Å². The standard InChI is InChI=1S/C16H13NO3/c1-20-15(18)11-13(14-9-5-6-10-17-14)16(19)12-7-3-2-4-8-12/h2-11H,1H3. The minimum absolute atomic E-state index is 0.212. The Labute approximate surface area is 116 Å². The lowest BCUT2D eigenvalue weighted by molar-refractivity contribution is -0.134. The van der Waals surface area contributed by atoms with Crippen molar-refractivity contribution < 1.29 is 14.3 Å². The van der Waals surface area contributed by atoms with Gasteiger partial charge >= 0.3 is 5.97 Å². The van der Waals surface area contributed by atoms with Gasteiger partial charge in [-0.3, -0.25) is 9.78 Å². The van der Waals surface area contributed by atoms with Gasteiger partial charge in [0, 0.05) is 17.8 Å². The van der Waals surface area contributed by atoms with E-state index in [0.717, 1.165) is 6.08 Å². The van der Waals surface area contributed by atoms with Crippen LogP contribution >= 0.6 is 0 Å². The number of nitrogens with zero attached hydrogens (tertiary/aromatic N) is 1. The molecule has 0 N–H and O–H groups in total. The van der Waals surface area contributed by atoms with Gasteiger partial charge in [-0.2, -0.15) is 0 Å². The van der Waals surface area contributed by atoms with Crippen LogP contribution in [-0.2, 0) is 9.53 Å². The van der Waals surface area contributed by atoms with Crippen molar-refractivity contribution in [2.45, 2.75) is 0 Å². The largest absolute Gasteiger partial charge is 0.466 e. The fourth-order valence-electron chi connectivity index (χ4n) is 1.70. The Hall–Kier alpha value is -2.75. The summed E-state index contributed by atoms with van der Waals surface area (Å²) in [5, 5.41) is 0. The quantitative estimate of drug-likeness (QED) is 0.485. The summed E-state index contributed by atoms with van der Waals surface area (Å²) in [4.78, 5) is 28.0. The lowest BCUT2D eigenvalue weighted by Crippen LogP contribution is -2.07. The number of carbonyl (C=O) groups is 2. The predicted molar refractivity (Wildman–Crippen MR) is 75.0 cm³/mol. The number of methoxy groups -OCH3 is 1. The number of benzene rings is 1. The van der Waals surface area contributed by atoms with Crippen molar-refractivity contribution in [1.82, 2.24) is 4.98 Å². The summed E-state index contributed by atoms with van der Waals surface area (Å²) < 4.78 is 4.59. The van der Waals surface area contributed by atoms with E-state index in [1.807, 2.05) is 6.07 Å². The highest BCUT2D eigenvalue weighted by molar-refractivity contribution is 6.30. The first-order valence-corrected chi connectivity index (χ1v) is 6.03. The topological polar surface area (TPSA) is 56.3 Å². The molecule has 2 rings (SSSR count). The minimum atomic E-state index is -0.588. The molecule has 1 heterocycles. The first kappa shape index (κ1) is 13.7. The number of hydrogen-bond donors (Lipinski definition) is 0. The van der Waals surface area contributed by atoms with E-state index in [-0.39, 0.29) is 11.4 Å². The zero-order valence-electron chi connectivity index (χ0n) is 10.9. The van der Waals surface area contributed by atoms with Crippen molar-refractivity contribution in [2.75, 3.05) is 7.11 Å². The molecule has 0 bridgehead atoms. The summed E-state index contributed by atoms with van der Waals surface area (Å²) >= 11 is 0. The van der Waals surface area contributed by atoms with Crippen LogP contribution in [0.3, 0.4) is 0 Å². The molecule has 4 nitrogen and oxygen atoms in total. The number of esters is 1. The zero-order chi connectivity index (χ0) is 14.4. The van der Waals surface area contributed by atoms with Crippen LogP contribution in [0.4, 0.5) is 0 Å². The fourth-order valence-corrected chi connectivity index (χ4v) is 1.70. The summed E-state index contributed by atoms with van der Waals surface area (Å²) in [7, 11) is 1.27. The molecule has 4 heteroatoms. The lowest BCUT2D eigenvalue weighted by atomic mass is 10.00. The Bertz CT molecular complexity index is 633. The number of allylic oxidation sites excluding steroid dienone is 1. The Morgan fingerprint density at radius 2 is 1.75 bits per heavy atom. The number of rotatable bonds is 4. The third-order valence-electron chi connectivity index (χ3n) is 2.68. The highest BCUT2D eigenvalue weighted by atomic mass is 16.5. The van der Waals surface area contributed by atoms with Crippen LogP contribution in [0.5, 0.6) is 0 Å². The van der Waals surface area contributed by atoms with Crippen molar-refractivity contribution in [3.63, 3.8) is 0 Å². The maximum Gasteiger partial charge on any atom is 0.331 e. The molecule has 0 spiro atoms. The van der Waals surface area contributed by atoms with Gasteiger partial charge in [0.1, 0.15) is 0 Å². The van der Waals surface area contributed by atoms with Gasteiger partial charge in [-0.1, -0.05) is 36.4 Å². The third kappa shape index (κ3) is 3.17. The Kier molecular flexibility index (Phi) is 4.39. The van der Waals surface area contributed by atoms with E-state index in [9.17, 15) is 9.59 Å². The summed E-state index contributed by atoms with van der Waals surface area (Å²) in [6.07, 6.45) is 2.73. The van der Waals surface area contributed by atoms with E-state index in [2.05, 4.69) is 9.72 Å². The molecule has 0 radical (unpaired) electrons. The van der Waals surface area contributed by atoms with Crippen molar-refractivity contribution in [1.29, 1.82) is 0 Å². The van der Waals surface area contributed by atoms with Gasteiger partial charge in [0.25, 0.3) is 0 Å². The minimum Gasteiger partial charge on any atom is -0.466 e. The first-order chi connectivity index (χ1) is 9.72. The van der Waals surface area contributed by atoms with Gasteiger partial charge < -0.3 is 4.74 Å². The van der Waals surface area contributed by atoms with Crippen LogP contribution in [0.1, 0.15) is 16.1 Å². The number of aromatic nitrogens is 1. The fraction of sp³-hybridized carbons (Fsp3) is 0.0625. The molecule has 0 atom stereocenters. The number of ketones is 1. The van der Waals surface area contributed by atoms with Crippen molar-refractivity contribution >= 4 is 17.3 Å². The van der Waals surface area contributed by atoms with Gasteiger partial charge in [-0.15, -0.1) is 0 Å². The Morgan fingerprint density at radius 3 is 2.35 bits per heavy atom. The van der Waals surface area contributed by atoms with E-state index >= 15 is 0 Å². The number of pyridine rings is 1. The molecule has 1 aromatic heterocycles. The van der Waals surface area contributed by atoms with Crippen LogP contribution < -0.4 is 0 Å². The highest BCUT2D eigenvalue weighted by Gasteiger charge is 2.16. The molecule has 100 valence electrons. The lowest BCUT2D eigenvalue weighted by Gasteiger charge is -2.06. The average molecular weight is 267 g/mol. The number of Topliss-reactive ketones (excluding diaryl/α,β-unsaturated/α-hetero) is 1. The highest BCUT2D eigenvalue weighted by Crippen LogP contribution is 2.18. The normalized spacial score (nSPS) is 10.9. The molecule has 0 fully saturated rings. The van der Waals surface area contributed by atoms with Gasteiger partial charge in [0.15, 0.2) is 5.78 Å². The van der Waals surface area contributed by atoms with E-state index in [0.29, 0.717) is 11.3 Å². The molecule has 2 aromatic rings. The molecule has 0 saturated heterocycles. The zero-order valence-corrected chi connectivity index (χ0v) is 10.9.